The molecule has 106 valence electrons. The number of hydrogen-bond acceptors (Lipinski definition) is 4. The lowest BCUT2D eigenvalue weighted by atomic mass is 10.0. The van der Waals surface area contributed by atoms with E-state index in [4.69, 9.17) is 5.11 Å². The number of thioether (sulfide) groups is 1. The molecule has 1 aliphatic heterocycles. The summed E-state index contributed by atoms with van der Waals surface area (Å²) in [7, 11) is -1.97. The monoisotopic (exact) mass is 296 g/mol. The topological polar surface area (TPSA) is 77.9 Å². The van der Waals surface area contributed by atoms with E-state index in [1.807, 2.05) is 6.26 Å². The number of hydrogen-bond donors (Lipinski definition) is 1. The van der Waals surface area contributed by atoms with Gasteiger partial charge in [0.25, 0.3) is 10.2 Å². The van der Waals surface area contributed by atoms with Crippen molar-refractivity contribution in [1.29, 1.82) is 0 Å². The largest absolute Gasteiger partial charge is 0.481 e. The normalized spacial score (nSPS) is 22.3. The van der Waals surface area contributed by atoms with Crippen molar-refractivity contribution < 1.29 is 18.3 Å². The Morgan fingerprint density at radius 1 is 1.56 bits per heavy atom. The maximum atomic E-state index is 12.2. The second kappa shape index (κ2) is 6.74. The highest BCUT2D eigenvalue weighted by atomic mass is 32.2. The van der Waals surface area contributed by atoms with Gasteiger partial charge >= 0.3 is 5.97 Å². The summed E-state index contributed by atoms with van der Waals surface area (Å²) >= 11 is 1.58. The summed E-state index contributed by atoms with van der Waals surface area (Å²) in [6.07, 6.45) is 3.07. The Bertz CT molecular complexity index is 385. The fourth-order valence-electron chi connectivity index (χ4n) is 1.89. The van der Waals surface area contributed by atoms with Crippen LogP contribution in [-0.2, 0) is 15.0 Å². The Kier molecular flexibility index (Phi) is 5.90. The van der Waals surface area contributed by atoms with Crippen molar-refractivity contribution >= 4 is 27.9 Å². The van der Waals surface area contributed by atoms with Gasteiger partial charge in [-0.1, -0.05) is 0 Å². The van der Waals surface area contributed by atoms with Crippen LogP contribution in [0.3, 0.4) is 0 Å². The van der Waals surface area contributed by atoms with Crippen LogP contribution in [0, 0.1) is 5.92 Å². The SMILES string of the molecule is CSCCN(C)S(=O)(=O)N1CCCC(C(=O)O)C1. The Labute approximate surface area is 113 Å². The summed E-state index contributed by atoms with van der Waals surface area (Å²) < 4.78 is 27.0. The first-order valence-electron chi connectivity index (χ1n) is 5.82. The van der Waals surface area contributed by atoms with E-state index >= 15 is 0 Å². The van der Waals surface area contributed by atoms with Gasteiger partial charge in [0.1, 0.15) is 0 Å². The zero-order valence-corrected chi connectivity index (χ0v) is 12.3. The van der Waals surface area contributed by atoms with E-state index in [2.05, 4.69) is 0 Å². The van der Waals surface area contributed by atoms with Gasteiger partial charge in [-0.2, -0.15) is 28.8 Å². The van der Waals surface area contributed by atoms with Crippen molar-refractivity contribution in [3.05, 3.63) is 0 Å². The lowest BCUT2D eigenvalue weighted by molar-refractivity contribution is -0.142. The predicted octanol–water partition coefficient (Wildman–Crippen LogP) is 0.323. The molecule has 1 heterocycles. The second-order valence-electron chi connectivity index (χ2n) is 4.36. The number of carboxylic acids is 1. The van der Waals surface area contributed by atoms with E-state index in [9.17, 15) is 13.2 Å². The lowest BCUT2D eigenvalue weighted by Crippen LogP contribution is -2.48. The van der Waals surface area contributed by atoms with Crippen LogP contribution < -0.4 is 0 Å². The minimum absolute atomic E-state index is 0.0846. The number of piperidine rings is 1. The molecule has 6 nitrogen and oxygen atoms in total. The Morgan fingerprint density at radius 2 is 2.22 bits per heavy atom. The smallest absolute Gasteiger partial charge is 0.307 e. The van der Waals surface area contributed by atoms with E-state index in [-0.39, 0.29) is 6.54 Å². The maximum Gasteiger partial charge on any atom is 0.307 e. The van der Waals surface area contributed by atoms with Gasteiger partial charge in [-0.15, -0.1) is 0 Å². The molecule has 0 aromatic carbocycles. The first-order valence-corrected chi connectivity index (χ1v) is 8.62. The summed E-state index contributed by atoms with van der Waals surface area (Å²) in [5.41, 5.74) is 0. The Balaban J connectivity index is 2.69. The molecule has 0 amide bonds. The van der Waals surface area contributed by atoms with Gasteiger partial charge in [-0.25, -0.2) is 0 Å². The summed E-state index contributed by atoms with van der Waals surface area (Å²) in [6, 6.07) is 0. The molecule has 0 aliphatic carbocycles. The first-order chi connectivity index (χ1) is 8.39. The molecule has 1 atom stereocenters. The first kappa shape index (κ1) is 15.7. The molecular formula is C10H20N2O4S2. The molecule has 1 saturated heterocycles. The summed E-state index contributed by atoms with van der Waals surface area (Å²) in [6.45, 7) is 0.939. The zero-order chi connectivity index (χ0) is 13.8. The zero-order valence-electron chi connectivity index (χ0n) is 10.7. The van der Waals surface area contributed by atoms with Gasteiger partial charge in [0, 0.05) is 32.4 Å². The van der Waals surface area contributed by atoms with Crippen molar-refractivity contribution in [2.24, 2.45) is 5.92 Å². The van der Waals surface area contributed by atoms with Crippen LogP contribution in [0.2, 0.25) is 0 Å². The van der Waals surface area contributed by atoms with E-state index in [1.54, 1.807) is 11.8 Å². The van der Waals surface area contributed by atoms with Crippen LogP contribution >= 0.6 is 11.8 Å². The van der Waals surface area contributed by atoms with E-state index < -0.39 is 22.1 Å². The lowest BCUT2D eigenvalue weighted by Gasteiger charge is -2.32. The number of carboxylic acid groups (broad SMARTS) is 1. The third kappa shape index (κ3) is 3.84. The summed E-state index contributed by atoms with van der Waals surface area (Å²) in [5, 5.41) is 8.96. The third-order valence-corrected chi connectivity index (χ3v) is 5.61. The number of carbonyl (C=O) groups is 1. The van der Waals surface area contributed by atoms with Crippen molar-refractivity contribution in [3.8, 4) is 0 Å². The van der Waals surface area contributed by atoms with Crippen molar-refractivity contribution in [3.63, 3.8) is 0 Å². The van der Waals surface area contributed by atoms with Crippen LogP contribution in [0.4, 0.5) is 0 Å². The van der Waals surface area contributed by atoms with Gasteiger partial charge in [-0.05, 0) is 19.1 Å². The van der Waals surface area contributed by atoms with Crippen LogP contribution in [0.1, 0.15) is 12.8 Å². The van der Waals surface area contributed by atoms with Crippen molar-refractivity contribution in [2.75, 3.05) is 38.7 Å². The van der Waals surface area contributed by atoms with Gasteiger partial charge in [0.05, 0.1) is 5.92 Å². The van der Waals surface area contributed by atoms with Crippen LogP contribution in [0.5, 0.6) is 0 Å². The molecule has 18 heavy (non-hydrogen) atoms. The standard InChI is InChI=1S/C10H20N2O4S2/c1-11(6-7-17-2)18(15,16)12-5-3-4-9(8-12)10(13)14/h9H,3-8H2,1-2H3,(H,13,14). The van der Waals surface area contributed by atoms with Crippen LogP contribution in [-0.4, -0.2) is 66.8 Å². The van der Waals surface area contributed by atoms with Gasteiger partial charge in [-0.3, -0.25) is 4.79 Å². The minimum atomic E-state index is -3.51. The van der Waals surface area contributed by atoms with E-state index in [0.717, 1.165) is 5.75 Å². The molecule has 1 N–H and O–H groups in total. The molecule has 1 fully saturated rings. The molecule has 1 rings (SSSR count). The third-order valence-electron chi connectivity index (χ3n) is 3.06. The van der Waals surface area contributed by atoms with E-state index in [0.29, 0.717) is 25.9 Å². The van der Waals surface area contributed by atoms with Crippen molar-refractivity contribution in [2.45, 2.75) is 12.8 Å². The molecule has 0 bridgehead atoms. The van der Waals surface area contributed by atoms with Crippen molar-refractivity contribution in [1.82, 2.24) is 8.61 Å². The number of aliphatic carboxylic acids is 1. The Hall–Kier alpha value is -0.310. The second-order valence-corrected chi connectivity index (χ2v) is 7.38. The molecule has 1 unspecified atom stereocenters. The highest BCUT2D eigenvalue weighted by Crippen LogP contribution is 2.20. The molecule has 8 heteroatoms. The number of rotatable bonds is 6. The molecule has 0 spiro atoms. The summed E-state index contributed by atoms with van der Waals surface area (Å²) in [5.74, 6) is -0.768. The van der Waals surface area contributed by atoms with Gasteiger partial charge < -0.3 is 5.11 Å². The molecule has 0 aromatic heterocycles. The molecule has 0 saturated carbocycles. The maximum absolute atomic E-state index is 12.2. The molecule has 0 radical (unpaired) electrons. The average molecular weight is 296 g/mol. The molecule has 0 aromatic rings. The molecular weight excluding hydrogens is 276 g/mol. The predicted molar refractivity (Wildman–Crippen MR) is 71.9 cm³/mol. The Morgan fingerprint density at radius 3 is 2.78 bits per heavy atom. The minimum Gasteiger partial charge on any atom is -0.481 e. The van der Waals surface area contributed by atoms with Gasteiger partial charge in [0.2, 0.25) is 0 Å². The summed E-state index contributed by atoms with van der Waals surface area (Å²) in [4.78, 5) is 10.9. The van der Waals surface area contributed by atoms with Crippen LogP contribution in [0.25, 0.3) is 0 Å². The quantitative estimate of drug-likeness (QED) is 0.764. The van der Waals surface area contributed by atoms with E-state index in [1.165, 1.54) is 15.7 Å². The fourth-order valence-corrected chi connectivity index (χ4v) is 3.90. The van der Waals surface area contributed by atoms with Crippen LogP contribution in [0.15, 0.2) is 0 Å². The highest BCUT2D eigenvalue weighted by Gasteiger charge is 2.34. The number of nitrogens with zero attached hydrogens (tertiary/aromatic N) is 2. The average Bonchev–Trinajstić information content (AvgIpc) is 2.35. The highest BCUT2D eigenvalue weighted by molar-refractivity contribution is 7.98. The molecule has 1 aliphatic rings. The fraction of sp³-hybridized carbons (Fsp3) is 0.900. The van der Waals surface area contributed by atoms with Gasteiger partial charge in [0.15, 0.2) is 0 Å².